The Morgan fingerprint density at radius 1 is 1.42 bits per heavy atom. The highest BCUT2D eigenvalue weighted by molar-refractivity contribution is 6.31. The maximum absolute atomic E-state index is 12.6. The highest BCUT2D eigenvalue weighted by Crippen LogP contribution is 2.33. The molecule has 3 nitrogen and oxygen atoms in total. The van der Waals surface area contributed by atoms with E-state index in [9.17, 15) is 18.0 Å². The molecule has 7 heteroatoms. The lowest BCUT2D eigenvalue weighted by atomic mass is 10.1. The third-order valence-electron chi connectivity index (χ3n) is 2.43. The molecular weight excluding hydrogens is 281 g/mol. The molecule has 0 aliphatic heterocycles. The molecule has 1 atom stereocenters. The van der Waals surface area contributed by atoms with Gasteiger partial charge in [-0.1, -0.05) is 24.9 Å². The van der Waals surface area contributed by atoms with Crippen LogP contribution >= 0.6 is 11.6 Å². The van der Waals surface area contributed by atoms with Gasteiger partial charge in [0.2, 0.25) is 5.91 Å². The quantitative estimate of drug-likeness (QED) is 0.894. The van der Waals surface area contributed by atoms with E-state index in [1.807, 2.05) is 6.92 Å². The van der Waals surface area contributed by atoms with Gasteiger partial charge >= 0.3 is 6.18 Å². The van der Waals surface area contributed by atoms with Crippen LogP contribution in [0.5, 0.6) is 0 Å². The molecule has 1 unspecified atom stereocenters. The largest absolute Gasteiger partial charge is 0.416 e. The maximum Gasteiger partial charge on any atom is 0.416 e. The smallest absolute Gasteiger partial charge is 0.325 e. The van der Waals surface area contributed by atoms with Gasteiger partial charge in [-0.3, -0.25) is 4.79 Å². The van der Waals surface area contributed by atoms with E-state index in [0.717, 1.165) is 12.1 Å². The molecule has 1 rings (SSSR count). The molecule has 0 aliphatic carbocycles. The second-order valence-electron chi connectivity index (χ2n) is 4.11. The molecule has 106 valence electrons. The Hall–Kier alpha value is -1.27. The summed E-state index contributed by atoms with van der Waals surface area (Å²) in [5.74, 6) is -0.530. The van der Waals surface area contributed by atoms with Crippen LogP contribution < -0.4 is 11.1 Å². The lowest BCUT2D eigenvalue weighted by Gasteiger charge is -2.13. The molecule has 0 spiro atoms. The zero-order chi connectivity index (χ0) is 14.6. The average Bonchev–Trinajstić information content (AvgIpc) is 2.27. The number of hydrogen-bond acceptors (Lipinski definition) is 2. The van der Waals surface area contributed by atoms with Gasteiger partial charge in [0.25, 0.3) is 0 Å². The molecule has 0 saturated heterocycles. The van der Waals surface area contributed by atoms with E-state index in [1.165, 1.54) is 6.07 Å². The zero-order valence-electron chi connectivity index (χ0n) is 10.2. The highest BCUT2D eigenvalue weighted by atomic mass is 35.5. The van der Waals surface area contributed by atoms with Crippen LogP contribution in [0.3, 0.4) is 0 Å². The first-order valence-electron chi connectivity index (χ1n) is 5.68. The van der Waals surface area contributed by atoms with Crippen molar-refractivity contribution in [2.75, 3.05) is 5.32 Å². The number of anilines is 1. The second-order valence-corrected chi connectivity index (χ2v) is 4.55. The molecule has 1 aromatic carbocycles. The Morgan fingerprint density at radius 2 is 2.05 bits per heavy atom. The van der Waals surface area contributed by atoms with Crippen LogP contribution in [-0.2, 0) is 11.0 Å². The monoisotopic (exact) mass is 294 g/mol. The van der Waals surface area contributed by atoms with Gasteiger partial charge in [0.1, 0.15) is 0 Å². The van der Waals surface area contributed by atoms with E-state index in [0.29, 0.717) is 12.8 Å². The molecule has 1 aromatic rings. The summed E-state index contributed by atoms with van der Waals surface area (Å²) in [5, 5.41) is 2.23. The van der Waals surface area contributed by atoms with Crippen molar-refractivity contribution in [3.63, 3.8) is 0 Å². The van der Waals surface area contributed by atoms with Crippen molar-refractivity contribution in [2.45, 2.75) is 32.0 Å². The van der Waals surface area contributed by atoms with Crippen molar-refractivity contribution in [2.24, 2.45) is 5.73 Å². The zero-order valence-corrected chi connectivity index (χ0v) is 11.0. The topological polar surface area (TPSA) is 55.1 Å². The molecule has 3 N–H and O–H groups in total. The maximum atomic E-state index is 12.6. The Morgan fingerprint density at radius 3 is 2.58 bits per heavy atom. The average molecular weight is 295 g/mol. The molecule has 0 aromatic heterocycles. The fraction of sp³-hybridized carbons (Fsp3) is 0.417. The van der Waals surface area contributed by atoms with Gasteiger partial charge in [-0.05, 0) is 24.6 Å². The number of rotatable bonds is 4. The number of nitrogens with two attached hydrogens (primary N) is 1. The fourth-order valence-electron chi connectivity index (χ4n) is 1.50. The van der Waals surface area contributed by atoms with Crippen LogP contribution in [0, 0.1) is 0 Å². The van der Waals surface area contributed by atoms with E-state index >= 15 is 0 Å². The van der Waals surface area contributed by atoms with Crippen LogP contribution in [-0.4, -0.2) is 11.9 Å². The van der Waals surface area contributed by atoms with Crippen LogP contribution in [0.1, 0.15) is 25.3 Å². The normalized spacial score (nSPS) is 13.2. The van der Waals surface area contributed by atoms with Crippen molar-refractivity contribution >= 4 is 23.2 Å². The summed E-state index contributed by atoms with van der Waals surface area (Å²) in [6.07, 6.45) is -3.35. The Bertz CT molecular complexity index is 463. The summed E-state index contributed by atoms with van der Waals surface area (Å²) in [7, 11) is 0. The number of amides is 1. The minimum Gasteiger partial charge on any atom is -0.325 e. The number of alkyl halides is 3. The SMILES string of the molecule is CCCC(N)C(=O)Nc1cc(Cl)cc(C(F)(F)F)c1. The first-order valence-corrected chi connectivity index (χ1v) is 6.06. The summed E-state index contributed by atoms with van der Waals surface area (Å²) < 4.78 is 37.7. The predicted molar refractivity (Wildman–Crippen MR) is 68.0 cm³/mol. The van der Waals surface area contributed by atoms with Crippen LogP contribution in [0.25, 0.3) is 0 Å². The molecular formula is C12H14ClF3N2O. The fourth-order valence-corrected chi connectivity index (χ4v) is 1.74. The summed E-state index contributed by atoms with van der Waals surface area (Å²) >= 11 is 5.60. The van der Waals surface area contributed by atoms with Crippen LogP contribution in [0.4, 0.5) is 18.9 Å². The van der Waals surface area contributed by atoms with Crippen molar-refractivity contribution in [1.29, 1.82) is 0 Å². The van der Waals surface area contributed by atoms with Crippen molar-refractivity contribution < 1.29 is 18.0 Å². The molecule has 0 fully saturated rings. The third kappa shape index (κ3) is 4.72. The summed E-state index contributed by atoms with van der Waals surface area (Å²) in [4.78, 5) is 11.6. The van der Waals surface area contributed by atoms with Gasteiger partial charge in [-0.15, -0.1) is 0 Å². The van der Waals surface area contributed by atoms with Crippen molar-refractivity contribution in [3.8, 4) is 0 Å². The predicted octanol–water partition coefficient (Wildman–Crippen LogP) is 3.42. The van der Waals surface area contributed by atoms with Crippen LogP contribution in [0.15, 0.2) is 18.2 Å². The standard InChI is InChI=1S/C12H14ClF3N2O/c1-2-3-10(17)11(19)18-9-5-7(12(14,15)16)4-8(13)6-9/h4-6,10H,2-3,17H2,1H3,(H,18,19). The van der Waals surface area contributed by atoms with Gasteiger partial charge in [-0.25, -0.2) is 0 Å². The molecule has 0 saturated carbocycles. The molecule has 0 bridgehead atoms. The highest BCUT2D eigenvalue weighted by Gasteiger charge is 2.31. The molecule has 1 amide bonds. The molecule has 0 aliphatic rings. The van der Waals surface area contributed by atoms with Crippen molar-refractivity contribution in [1.82, 2.24) is 0 Å². The summed E-state index contributed by atoms with van der Waals surface area (Å²) in [5.41, 5.74) is 4.64. The lowest BCUT2D eigenvalue weighted by molar-refractivity contribution is -0.137. The van der Waals surface area contributed by atoms with E-state index in [2.05, 4.69) is 5.32 Å². The van der Waals surface area contributed by atoms with Gasteiger partial charge in [0.05, 0.1) is 11.6 Å². The molecule has 19 heavy (non-hydrogen) atoms. The number of hydrogen-bond donors (Lipinski definition) is 2. The molecule has 0 heterocycles. The second kappa shape index (κ2) is 6.25. The third-order valence-corrected chi connectivity index (χ3v) is 2.65. The van der Waals surface area contributed by atoms with E-state index in [-0.39, 0.29) is 10.7 Å². The Kier molecular flexibility index (Phi) is 5.20. The van der Waals surface area contributed by atoms with Crippen LogP contribution in [0.2, 0.25) is 5.02 Å². The number of carbonyl (C=O) groups excluding carboxylic acids is 1. The van der Waals surface area contributed by atoms with E-state index in [1.54, 1.807) is 0 Å². The van der Waals surface area contributed by atoms with Gasteiger partial charge in [0, 0.05) is 10.7 Å². The number of nitrogens with one attached hydrogen (secondary N) is 1. The van der Waals surface area contributed by atoms with E-state index < -0.39 is 23.7 Å². The van der Waals surface area contributed by atoms with Gasteiger partial charge in [0.15, 0.2) is 0 Å². The Balaban J connectivity index is 2.90. The lowest BCUT2D eigenvalue weighted by Crippen LogP contribution is -2.35. The number of halogens is 4. The minimum atomic E-state index is -4.52. The van der Waals surface area contributed by atoms with Gasteiger partial charge in [-0.2, -0.15) is 13.2 Å². The van der Waals surface area contributed by atoms with Gasteiger partial charge < -0.3 is 11.1 Å². The van der Waals surface area contributed by atoms with E-state index in [4.69, 9.17) is 17.3 Å². The summed E-state index contributed by atoms with van der Waals surface area (Å²) in [6, 6.07) is 2.11. The Labute approximate surface area is 113 Å². The minimum absolute atomic E-state index is 0.0172. The number of carbonyl (C=O) groups is 1. The molecule has 0 radical (unpaired) electrons. The van der Waals surface area contributed by atoms with Crippen molar-refractivity contribution in [3.05, 3.63) is 28.8 Å². The number of benzene rings is 1. The summed E-state index contributed by atoms with van der Waals surface area (Å²) in [6.45, 7) is 1.86. The first-order chi connectivity index (χ1) is 8.74. The first kappa shape index (κ1) is 15.8.